The average Bonchev–Trinajstić information content (AvgIpc) is 2.20. The van der Waals surface area contributed by atoms with Crippen molar-refractivity contribution in [2.75, 3.05) is 19.6 Å². The zero-order chi connectivity index (χ0) is 12.3. The number of rotatable bonds is 5. The van der Waals surface area contributed by atoms with Gasteiger partial charge < -0.3 is 5.32 Å². The van der Waals surface area contributed by atoms with E-state index in [-0.39, 0.29) is 0 Å². The number of nitrogens with zero attached hydrogens (tertiary/aromatic N) is 1. The Morgan fingerprint density at radius 1 is 1.41 bits per heavy atom. The first-order valence-electron chi connectivity index (χ1n) is 6.40. The van der Waals surface area contributed by atoms with Crippen LogP contribution in [0.25, 0.3) is 0 Å². The third-order valence-corrected chi connectivity index (χ3v) is 4.11. The van der Waals surface area contributed by atoms with E-state index in [1.54, 1.807) is 0 Å². The number of nitrogens with one attached hydrogen (secondary N) is 1. The van der Waals surface area contributed by atoms with Crippen molar-refractivity contribution in [1.82, 2.24) is 10.2 Å². The van der Waals surface area contributed by atoms with Gasteiger partial charge in [-0.1, -0.05) is 35.0 Å². The van der Waals surface area contributed by atoms with Gasteiger partial charge in [0.2, 0.25) is 0 Å². The van der Waals surface area contributed by atoms with Crippen LogP contribution in [0.4, 0.5) is 0 Å². The number of aryl methyl sites for hydroxylation is 1. The van der Waals surface area contributed by atoms with Crippen molar-refractivity contribution >= 4 is 15.9 Å². The van der Waals surface area contributed by atoms with Gasteiger partial charge in [0, 0.05) is 30.1 Å². The Hall–Kier alpha value is -0.380. The second kappa shape index (κ2) is 5.98. The number of halogens is 1. The fourth-order valence-corrected chi connectivity index (χ4v) is 2.83. The predicted octanol–water partition coefficient (Wildman–Crippen LogP) is 2.94. The topological polar surface area (TPSA) is 15.3 Å². The van der Waals surface area contributed by atoms with E-state index < -0.39 is 0 Å². The maximum atomic E-state index is 3.67. The zero-order valence-corrected chi connectivity index (χ0v) is 12.3. The smallest absolute Gasteiger partial charge is 0.0348 e. The Balaban J connectivity index is 2.05. The van der Waals surface area contributed by atoms with Gasteiger partial charge in [-0.25, -0.2) is 0 Å². The summed E-state index contributed by atoms with van der Waals surface area (Å²) in [6.07, 6.45) is 1.22. The molecule has 17 heavy (non-hydrogen) atoms. The van der Waals surface area contributed by atoms with Gasteiger partial charge in [0.25, 0.3) is 0 Å². The summed E-state index contributed by atoms with van der Waals surface area (Å²) in [5.74, 6) is 0. The summed E-state index contributed by atoms with van der Waals surface area (Å²) in [7, 11) is 0. The van der Waals surface area contributed by atoms with Gasteiger partial charge in [-0.2, -0.15) is 0 Å². The zero-order valence-electron chi connectivity index (χ0n) is 10.7. The highest BCUT2D eigenvalue weighted by atomic mass is 79.9. The molecule has 0 radical (unpaired) electrons. The van der Waals surface area contributed by atoms with Crippen LogP contribution in [0.1, 0.15) is 24.5 Å². The quantitative estimate of drug-likeness (QED) is 0.899. The molecule has 0 bridgehead atoms. The van der Waals surface area contributed by atoms with Crippen LogP contribution in [0.2, 0.25) is 0 Å². The van der Waals surface area contributed by atoms with Crippen molar-refractivity contribution in [3.05, 3.63) is 33.8 Å². The number of hydrogen-bond acceptors (Lipinski definition) is 2. The molecule has 1 aromatic carbocycles. The van der Waals surface area contributed by atoms with E-state index in [1.807, 2.05) is 0 Å². The van der Waals surface area contributed by atoms with Gasteiger partial charge in [-0.15, -0.1) is 0 Å². The maximum absolute atomic E-state index is 3.67. The molecule has 2 nitrogen and oxygen atoms in total. The van der Waals surface area contributed by atoms with Crippen LogP contribution in [0.5, 0.6) is 0 Å². The molecule has 1 saturated heterocycles. The molecule has 0 amide bonds. The lowest BCUT2D eigenvalue weighted by atomic mass is 10.1. The van der Waals surface area contributed by atoms with E-state index in [1.165, 1.54) is 28.6 Å². The molecule has 1 heterocycles. The van der Waals surface area contributed by atoms with Crippen molar-refractivity contribution in [2.24, 2.45) is 0 Å². The Bertz CT molecular complexity index is 374. The highest BCUT2D eigenvalue weighted by molar-refractivity contribution is 9.10. The second-order valence-corrected chi connectivity index (χ2v) is 5.73. The molecular weight excluding hydrogens is 276 g/mol. The standard InChI is InChI=1S/C14H21BrN2/c1-3-6-17(13-8-16-9-13)10-12-5-4-11(2)7-14(12)15/h4-5,7,13,16H,3,6,8-10H2,1-2H3. The summed E-state index contributed by atoms with van der Waals surface area (Å²) in [5, 5.41) is 3.36. The van der Waals surface area contributed by atoms with Crippen LogP contribution in [-0.4, -0.2) is 30.6 Å². The van der Waals surface area contributed by atoms with Crippen molar-refractivity contribution in [3.63, 3.8) is 0 Å². The molecule has 1 fully saturated rings. The van der Waals surface area contributed by atoms with Crippen LogP contribution in [0.3, 0.4) is 0 Å². The molecule has 94 valence electrons. The summed E-state index contributed by atoms with van der Waals surface area (Å²) >= 11 is 3.67. The minimum atomic E-state index is 0.725. The van der Waals surface area contributed by atoms with Crippen LogP contribution >= 0.6 is 15.9 Å². The molecule has 1 aliphatic rings. The van der Waals surface area contributed by atoms with Crippen molar-refractivity contribution in [2.45, 2.75) is 32.9 Å². The van der Waals surface area contributed by atoms with Gasteiger partial charge in [-0.05, 0) is 37.1 Å². The first kappa shape index (κ1) is 13.1. The SMILES string of the molecule is CCCN(Cc1ccc(C)cc1Br)C1CNC1. The minimum absolute atomic E-state index is 0.725. The third kappa shape index (κ3) is 3.30. The lowest BCUT2D eigenvalue weighted by Gasteiger charge is -2.38. The van der Waals surface area contributed by atoms with E-state index in [4.69, 9.17) is 0 Å². The fraction of sp³-hybridized carbons (Fsp3) is 0.571. The summed E-state index contributed by atoms with van der Waals surface area (Å²) in [6.45, 7) is 8.91. The Kier molecular flexibility index (Phi) is 4.60. The van der Waals surface area contributed by atoms with Gasteiger partial charge in [0.15, 0.2) is 0 Å². The Morgan fingerprint density at radius 3 is 2.71 bits per heavy atom. The number of benzene rings is 1. The summed E-state index contributed by atoms with van der Waals surface area (Å²) in [6, 6.07) is 7.37. The van der Waals surface area contributed by atoms with Gasteiger partial charge in [-0.3, -0.25) is 4.90 Å². The number of hydrogen-bond donors (Lipinski definition) is 1. The van der Waals surface area contributed by atoms with Gasteiger partial charge in [0.1, 0.15) is 0 Å². The maximum Gasteiger partial charge on any atom is 0.0348 e. The van der Waals surface area contributed by atoms with E-state index in [0.717, 1.165) is 25.7 Å². The first-order valence-corrected chi connectivity index (χ1v) is 7.19. The van der Waals surface area contributed by atoms with Crippen LogP contribution in [-0.2, 0) is 6.54 Å². The molecule has 0 unspecified atom stereocenters. The monoisotopic (exact) mass is 296 g/mol. The fourth-order valence-electron chi connectivity index (χ4n) is 2.21. The van der Waals surface area contributed by atoms with E-state index in [0.29, 0.717) is 0 Å². The molecule has 0 atom stereocenters. The van der Waals surface area contributed by atoms with Gasteiger partial charge in [0.05, 0.1) is 0 Å². The van der Waals surface area contributed by atoms with Crippen LogP contribution in [0, 0.1) is 6.92 Å². The van der Waals surface area contributed by atoms with Crippen molar-refractivity contribution < 1.29 is 0 Å². The third-order valence-electron chi connectivity index (χ3n) is 3.37. The van der Waals surface area contributed by atoms with Crippen molar-refractivity contribution in [3.8, 4) is 0 Å². The summed E-state index contributed by atoms with van der Waals surface area (Å²) in [5.41, 5.74) is 2.71. The normalized spacial score (nSPS) is 16.2. The molecule has 0 spiro atoms. The molecule has 2 rings (SSSR count). The molecule has 1 N–H and O–H groups in total. The molecular formula is C14H21BrN2. The highest BCUT2D eigenvalue weighted by Crippen LogP contribution is 2.21. The molecule has 0 saturated carbocycles. The highest BCUT2D eigenvalue weighted by Gasteiger charge is 2.24. The average molecular weight is 297 g/mol. The predicted molar refractivity (Wildman–Crippen MR) is 76.2 cm³/mol. The van der Waals surface area contributed by atoms with Crippen molar-refractivity contribution in [1.29, 1.82) is 0 Å². The largest absolute Gasteiger partial charge is 0.314 e. The molecule has 0 aliphatic carbocycles. The lowest BCUT2D eigenvalue weighted by molar-refractivity contribution is 0.137. The summed E-state index contributed by atoms with van der Waals surface area (Å²) < 4.78 is 1.24. The lowest BCUT2D eigenvalue weighted by Crippen LogP contribution is -2.57. The second-order valence-electron chi connectivity index (χ2n) is 4.88. The minimum Gasteiger partial charge on any atom is -0.314 e. The van der Waals surface area contributed by atoms with Crippen LogP contribution in [0.15, 0.2) is 22.7 Å². The molecule has 1 aliphatic heterocycles. The van der Waals surface area contributed by atoms with E-state index in [9.17, 15) is 0 Å². The van der Waals surface area contributed by atoms with E-state index in [2.05, 4.69) is 58.2 Å². The van der Waals surface area contributed by atoms with E-state index >= 15 is 0 Å². The summed E-state index contributed by atoms with van der Waals surface area (Å²) in [4.78, 5) is 2.59. The Morgan fingerprint density at radius 2 is 2.18 bits per heavy atom. The molecule has 0 aromatic heterocycles. The first-order chi connectivity index (χ1) is 8.20. The molecule has 1 aromatic rings. The molecule has 3 heteroatoms. The van der Waals surface area contributed by atoms with Crippen LogP contribution < -0.4 is 5.32 Å². The Labute approximate surface area is 113 Å². The van der Waals surface area contributed by atoms with Gasteiger partial charge >= 0.3 is 0 Å².